The van der Waals surface area contributed by atoms with Crippen LogP contribution >= 0.6 is 0 Å². The lowest BCUT2D eigenvalue weighted by Gasteiger charge is -2.33. The van der Waals surface area contributed by atoms with Gasteiger partial charge in [-0.2, -0.15) is 0 Å². The summed E-state index contributed by atoms with van der Waals surface area (Å²) in [4.78, 5) is 16.2. The van der Waals surface area contributed by atoms with Gasteiger partial charge in [0.05, 0.1) is 5.69 Å². The molecule has 1 aliphatic heterocycles. The van der Waals surface area contributed by atoms with Crippen molar-refractivity contribution < 1.29 is 4.92 Å². The molecule has 0 amide bonds. The number of rotatable bonds is 2. The minimum atomic E-state index is -0.459. The average Bonchev–Trinajstić information content (AvgIpc) is 3.10. The highest BCUT2D eigenvalue weighted by Crippen LogP contribution is 2.53. The van der Waals surface area contributed by atoms with Crippen LogP contribution in [0.1, 0.15) is 25.7 Å². The first kappa shape index (κ1) is 10.5. The summed E-state index contributed by atoms with van der Waals surface area (Å²) in [6, 6.07) is 3.28. The lowest BCUT2D eigenvalue weighted by molar-refractivity contribution is -0.389. The highest BCUT2D eigenvalue weighted by molar-refractivity contribution is 5.47. The van der Waals surface area contributed by atoms with Crippen LogP contribution in [0.5, 0.6) is 0 Å². The van der Waals surface area contributed by atoms with Crippen molar-refractivity contribution in [3.8, 4) is 0 Å². The molecule has 0 radical (unpaired) electrons. The summed E-state index contributed by atoms with van der Waals surface area (Å²) in [5.41, 5.74) is 1.66. The van der Waals surface area contributed by atoms with E-state index in [1.54, 1.807) is 12.3 Å². The molecule has 5 nitrogen and oxygen atoms in total. The van der Waals surface area contributed by atoms with Gasteiger partial charge < -0.3 is 15.0 Å². The molecule has 1 aromatic heterocycles. The van der Waals surface area contributed by atoms with Gasteiger partial charge in [-0.1, -0.05) is 0 Å². The minimum absolute atomic E-state index is 0.0792. The van der Waals surface area contributed by atoms with Crippen LogP contribution in [0.3, 0.4) is 0 Å². The number of hydrogen-bond donors (Lipinski definition) is 0. The molecular weight excluding hydrogens is 218 g/mol. The predicted octanol–water partition coefficient (Wildman–Crippen LogP) is 2.37. The maximum Gasteiger partial charge on any atom is 0.363 e. The largest absolute Gasteiger partial charge is 0.368 e. The maximum absolute atomic E-state index is 10.5. The van der Waals surface area contributed by atoms with Crippen LogP contribution in [0, 0.1) is 15.5 Å². The molecular formula is C12H15N3O2. The second-order valence-electron chi connectivity index (χ2n) is 5.12. The molecule has 17 heavy (non-hydrogen) atoms. The molecule has 2 heterocycles. The van der Waals surface area contributed by atoms with Gasteiger partial charge in [0.2, 0.25) is 0 Å². The second kappa shape index (κ2) is 3.68. The van der Waals surface area contributed by atoms with E-state index in [9.17, 15) is 10.1 Å². The molecule has 1 aliphatic carbocycles. The molecule has 1 saturated carbocycles. The summed E-state index contributed by atoms with van der Waals surface area (Å²) in [5.74, 6) is -0.0792. The number of nitrogens with zero attached hydrogens (tertiary/aromatic N) is 3. The van der Waals surface area contributed by atoms with Gasteiger partial charge in [0.1, 0.15) is 0 Å². The molecule has 2 fully saturated rings. The van der Waals surface area contributed by atoms with Crippen LogP contribution in [0.15, 0.2) is 18.3 Å². The molecule has 3 rings (SSSR count). The van der Waals surface area contributed by atoms with Crippen molar-refractivity contribution in [3.63, 3.8) is 0 Å². The third-order valence-corrected chi connectivity index (χ3v) is 4.07. The van der Waals surface area contributed by atoms with Crippen molar-refractivity contribution in [1.82, 2.24) is 4.98 Å². The van der Waals surface area contributed by atoms with Crippen LogP contribution in [0.2, 0.25) is 0 Å². The Hall–Kier alpha value is -1.65. The van der Waals surface area contributed by atoms with E-state index in [1.807, 2.05) is 0 Å². The second-order valence-corrected chi connectivity index (χ2v) is 5.12. The minimum Gasteiger partial charge on any atom is -0.368 e. The van der Waals surface area contributed by atoms with Crippen LogP contribution in [0.4, 0.5) is 11.5 Å². The number of aromatic nitrogens is 1. The fraction of sp³-hybridized carbons (Fsp3) is 0.583. The maximum atomic E-state index is 10.5. The summed E-state index contributed by atoms with van der Waals surface area (Å²) in [6.45, 7) is 2.11. The summed E-state index contributed by atoms with van der Waals surface area (Å²) in [5, 5.41) is 10.5. The molecule has 1 aromatic rings. The lowest BCUT2D eigenvalue weighted by Crippen LogP contribution is -2.34. The molecule has 1 saturated heterocycles. The monoisotopic (exact) mass is 233 g/mol. The zero-order chi connectivity index (χ0) is 11.9. The van der Waals surface area contributed by atoms with E-state index >= 15 is 0 Å². The molecule has 1 spiro atoms. The van der Waals surface area contributed by atoms with Crippen molar-refractivity contribution in [2.75, 3.05) is 18.0 Å². The van der Waals surface area contributed by atoms with E-state index in [0.717, 1.165) is 18.8 Å². The SMILES string of the molecule is O=[N+]([O-])c1ccc(N2CCC3(CC2)CC3)cn1. The zero-order valence-corrected chi connectivity index (χ0v) is 9.63. The smallest absolute Gasteiger partial charge is 0.363 e. The van der Waals surface area contributed by atoms with Gasteiger partial charge >= 0.3 is 5.82 Å². The van der Waals surface area contributed by atoms with Crippen LogP contribution in [0.25, 0.3) is 0 Å². The third kappa shape index (κ3) is 1.97. The Morgan fingerprint density at radius 2 is 1.94 bits per heavy atom. The predicted molar refractivity (Wildman–Crippen MR) is 64.0 cm³/mol. The van der Waals surface area contributed by atoms with E-state index in [1.165, 1.54) is 31.7 Å². The number of pyridine rings is 1. The highest BCUT2D eigenvalue weighted by Gasteiger charge is 2.44. The molecule has 5 heteroatoms. The fourth-order valence-corrected chi connectivity index (χ4v) is 2.59. The molecule has 0 unspecified atom stereocenters. The average molecular weight is 233 g/mol. The van der Waals surface area contributed by atoms with Gasteiger partial charge in [-0.15, -0.1) is 0 Å². The molecule has 0 bridgehead atoms. The van der Waals surface area contributed by atoms with E-state index in [4.69, 9.17) is 0 Å². The van der Waals surface area contributed by atoms with E-state index < -0.39 is 4.92 Å². The lowest BCUT2D eigenvalue weighted by atomic mass is 9.93. The highest BCUT2D eigenvalue weighted by atomic mass is 16.6. The van der Waals surface area contributed by atoms with Gasteiger partial charge in [-0.3, -0.25) is 0 Å². The standard InChI is InChI=1S/C12H15N3O2/c16-15(17)11-2-1-10(9-13-11)14-7-5-12(3-4-12)6-8-14/h1-2,9H,3-8H2. The van der Waals surface area contributed by atoms with E-state index in [-0.39, 0.29) is 5.82 Å². The van der Waals surface area contributed by atoms with Crippen LogP contribution in [-0.2, 0) is 0 Å². The number of anilines is 1. The Morgan fingerprint density at radius 1 is 1.24 bits per heavy atom. The number of hydrogen-bond acceptors (Lipinski definition) is 4. The van der Waals surface area contributed by atoms with Gasteiger partial charge in [0.15, 0.2) is 6.20 Å². The third-order valence-electron chi connectivity index (χ3n) is 4.07. The van der Waals surface area contributed by atoms with Crippen LogP contribution < -0.4 is 4.90 Å². The molecule has 2 aliphatic rings. The van der Waals surface area contributed by atoms with Crippen molar-refractivity contribution in [2.24, 2.45) is 5.41 Å². The Balaban J connectivity index is 1.69. The topological polar surface area (TPSA) is 59.3 Å². The quantitative estimate of drug-likeness (QED) is 0.581. The normalized spacial score (nSPS) is 21.5. The Kier molecular flexibility index (Phi) is 2.28. The molecule has 0 atom stereocenters. The Morgan fingerprint density at radius 3 is 2.41 bits per heavy atom. The van der Waals surface area contributed by atoms with E-state index in [0.29, 0.717) is 5.41 Å². The summed E-state index contributed by atoms with van der Waals surface area (Å²) in [7, 11) is 0. The van der Waals surface area contributed by atoms with Crippen molar-refractivity contribution in [2.45, 2.75) is 25.7 Å². The van der Waals surface area contributed by atoms with Gasteiger partial charge in [0.25, 0.3) is 0 Å². The van der Waals surface area contributed by atoms with Crippen molar-refractivity contribution in [1.29, 1.82) is 0 Å². The molecule has 0 N–H and O–H groups in total. The zero-order valence-electron chi connectivity index (χ0n) is 9.63. The Labute approximate surface area is 99.6 Å². The molecule has 0 aromatic carbocycles. The molecule has 90 valence electrons. The van der Waals surface area contributed by atoms with Crippen LogP contribution in [-0.4, -0.2) is 23.0 Å². The van der Waals surface area contributed by atoms with Crippen molar-refractivity contribution in [3.05, 3.63) is 28.4 Å². The fourth-order valence-electron chi connectivity index (χ4n) is 2.59. The van der Waals surface area contributed by atoms with Gasteiger partial charge in [0, 0.05) is 19.2 Å². The number of nitro groups is 1. The van der Waals surface area contributed by atoms with E-state index in [2.05, 4.69) is 9.88 Å². The van der Waals surface area contributed by atoms with Crippen molar-refractivity contribution >= 4 is 11.5 Å². The van der Waals surface area contributed by atoms with Gasteiger partial charge in [-0.25, -0.2) is 0 Å². The summed E-state index contributed by atoms with van der Waals surface area (Å²) in [6.07, 6.45) is 6.90. The first-order valence-electron chi connectivity index (χ1n) is 6.04. The first-order valence-corrected chi connectivity index (χ1v) is 6.04. The number of piperidine rings is 1. The van der Waals surface area contributed by atoms with Gasteiger partial charge in [-0.05, 0) is 47.1 Å². The first-order chi connectivity index (χ1) is 8.19. The summed E-state index contributed by atoms with van der Waals surface area (Å²) >= 11 is 0. The summed E-state index contributed by atoms with van der Waals surface area (Å²) < 4.78 is 0. The Bertz CT molecular complexity index is 430.